The lowest BCUT2D eigenvalue weighted by molar-refractivity contribution is -0.0267. The molecule has 1 aromatic heterocycles. The minimum absolute atomic E-state index is 0.149. The molecule has 4 rings (SSSR count). The summed E-state index contributed by atoms with van der Waals surface area (Å²) in [6, 6.07) is 10.6. The number of hydrogen-bond acceptors (Lipinski definition) is 5. The molecule has 0 aliphatic carbocycles. The SMILES string of the molecule is Clc1nc(Cl)c2c(n1)N(C[C@H]1CN(Cc3ccccc3)CCO1)CC2. The second kappa shape index (κ2) is 7.46. The lowest BCUT2D eigenvalue weighted by Crippen LogP contribution is -2.47. The van der Waals surface area contributed by atoms with Gasteiger partial charge >= 0.3 is 0 Å². The van der Waals surface area contributed by atoms with Gasteiger partial charge in [0, 0.05) is 38.3 Å². The Kier molecular flexibility index (Phi) is 5.08. The smallest absolute Gasteiger partial charge is 0.225 e. The van der Waals surface area contributed by atoms with E-state index in [2.05, 4.69) is 50.1 Å². The van der Waals surface area contributed by atoms with E-state index in [1.165, 1.54) is 5.56 Å². The fraction of sp³-hybridized carbons (Fsp3) is 0.444. The fourth-order valence-corrected chi connectivity index (χ4v) is 4.02. The molecule has 25 heavy (non-hydrogen) atoms. The number of morpholine rings is 1. The first-order valence-corrected chi connectivity index (χ1v) is 9.29. The molecule has 0 unspecified atom stereocenters. The van der Waals surface area contributed by atoms with E-state index in [9.17, 15) is 0 Å². The van der Waals surface area contributed by atoms with Crippen molar-refractivity contribution in [3.63, 3.8) is 0 Å². The molecule has 2 aliphatic heterocycles. The number of benzene rings is 1. The molecule has 5 nitrogen and oxygen atoms in total. The Morgan fingerprint density at radius 2 is 1.96 bits per heavy atom. The number of ether oxygens (including phenoxy) is 1. The summed E-state index contributed by atoms with van der Waals surface area (Å²) in [6.07, 6.45) is 1.00. The summed E-state index contributed by atoms with van der Waals surface area (Å²) in [5, 5.41) is 0.665. The summed E-state index contributed by atoms with van der Waals surface area (Å²) in [7, 11) is 0. The second-order valence-electron chi connectivity index (χ2n) is 6.50. The van der Waals surface area contributed by atoms with Crippen molar-refractivity contribution in [1.82, 2.24) is 14.9 Å². The molecular formula is C18H20Cl2N4O. The highest BCUT2D eigenvalue weighted by Crippen LogP contribution is 2.32. The van der Waals surface area contributed by atoms with E-state index >= 15 is 0 Å². The molecule has 0 bridgehead atoms. The Labute approximate surface area is 157 Å². The third-order valence-corrected chi connectivity index (χ3v) is 5.22. The van der Waals surface area contributed by atoms with Gasteiger partial charge in [0.15, 0.2) is 0 Å². The van der Waals surface area contributed by atoms with Crippen LogP contribution in [0.3, 0.4) is 0 Å². The maximum atomic E-state index is 6.19. The summed E-state index contributed by atoms with van der Waals surface area (Å²) in [6.45, 7) is 5.25. The van der Waals surface area contributed by atoms with Gasteiger partial charge in [-0.2, -0.15) is 0 Å². The van der Waals surface area contributed by atoms with Crippen LogP contribution in [0.2, 0.25) is 10.4 Å². The van der Waals surface area contributed by atoms with Crippen molar-refractivity contribution in [2.45, 2.75) is 19.1 Å². The van der Waals surface area contributed by atoms with Crippen molar-refractivity contribution < 1.29 is 4.74 Å². The summed E-state index contributed by atoms with van der Waals surface area (Å²) in [4.78, 5) is 13.1. The average Bonchev–Trinajstić information content (AvgIpc) is 2.99. The summed E-state index contributed by atoms with van der Waals surface area (Å²) in [5.74, 6) is 0.855. The molecule has 0 radical (unpaired) electrons. The van der Waals surface area contributed by atoms with Crippen LogP contribution in [0.4, 0.5) is 5.82 Å². The van der Waals surface area contributed by atoms with Gasteiger partial charge < -0.3 is 9.64 Å². The van der Waals surface area contributed by atoms with E-state index in [0.717, 1.165) is 57.1 Å². The van der Waals surface area contributed by atoms with Crippen LogP contribution in [0.25, 0.3) is 0 Å². The van der Waals surface area contributed by atoms with Crippen molar-refractivity contribution in [3.8, 4) is 0 Å². The van der Waals surface area contributed by atoms with E-state index in [0.29, 0.717) is 5.15 Å². The van der Waals surface area contributed by atoms with E-state index in [4.69, 9.17) is 27.9 Å². The lowest BCUT2D eigenvalue weighted by Gasteiger charge is -2.35. The van der Waals surface area contributed by atoms with Crippen molar-refractivity contribution >= 4 is 29.0 Å². The molecule has 0 N–H and O–H groups in total. The molecule has 0 saturated carbocycles. The predicted molar refractivity (Wildman–Crippen MR) is 99.4 cm³/mol. The monoisotopic (exact) mass is 378 g/mol. The van der Waals surface area contributed by atoms with E-state index in [1.54, 1.807) is 0 Å². The number of anilines is 1. The molecule has 2 aromatic rings. The number of hydrogen-bond donors (Lipinski definition) is 0. The summed E-state index contributed by atoms with van der Waals surface area (Å²) in [5.41, 5.74) is 2.32. The molecule has 7 heteroatoms. The van der Waals surface area contributed by atoms with Crippen LogP contribution in [-0.2, 0) is 17.7 Å². The molecule has 1 saturated heterocycles. The summed E-state index contributed by atoms with van der Waals surface area (Å²) >= 11 is 12.2. The third kappa shape index (κ3) is 3.90. The highest BCUT2D eigenvalue weighted by Gasteiger charge is 2.29. The van der Waals surface area contributed by atoms with Crippen LogP contribution >= 0.6 is 23.2 Å². The lowest BCUT2D eigenvalue weighted by atomic mass is 10.2. The number of rotatable bonds is 4. The highest BCUT2D eigenvalue weighted by atomic mass is 35.5. The first kappa shape index (κ1) is 17.0. The van der Waals surface area contributed by atoms with Gasteiger partial charge in [0.2, 0.25) is 5.28 Å². The number of halogens is 2. The molecule has 132 valence electrons. The Morgan fingerprint density at radius 3 is 2.80 bits per heavy atom. The standard InChI is InChI=1S/C18H20Cl2N4O/c19-16-15-6-7-24(17(15)22-18(20)21-16)12-14-11-23(8-9-25-14)10-13-4-2-1-3-5-13/h1-5,14H,6-12H2/t14-/m1/s1. The molecule has 1 aromatic carbocycles. The van der Waals surface area contributed by atoms with Gasteiger partial charge in [-0.15, -0.1) is 0 Å². The van der Waals surface area contributed by atoms with Gasteiger partial charge in [-0.1, -0.05) is 41.9 Å². The van der Waals surface area contributed by atoms with Gasteiger partial charge in [-0.3, -0.25) is 4.90 Å². The Hall–Kier alpha value is -1.40. The molecule has 3 heterocycles. The van der Waals surface area contributed by atoms with Crippen molar-refractivity contribution in [1.29, 1.82) is 0 Å². The number of nitrogens with zero attached hydrogens (tertiary/aromatic N) is 4. The van der Waals surface area contributed by atoms with E-state index in [-0.39, 0.29) is 11.4 Å². The van der Waals surface area contributed by atoms with Crippen molar-refractivity contribution in [2.24, 2.45) is 0 Å². The van der Waals surface area contributed by atoms with Gasteiger partial charge in [-0.25, -0.2) is 9.97 Å². The zero-order valence-corrected chi connectivity index (χ0v) is 15.4. The van der Waals surface area contributed by atoms with Crippen LogP contribution in [0, 0.1) is 0 Å². The third-order valence-electron chi connectivity index (χ3n) is 4.73. The molecule has 1 atom stereocenters. The normalized spacial score (nSPS) is 20.7. The zero-order valence-electron chi connectivity index (χ0n) is 13.9. The Morgan fingerprint density at radius 1 is 1.12 bits per heavy atom. The number of fused-ring (bicyclic) bond motifs is 1. The molecule has 2 aliphatic rings. The van der Waals surface area contributed by atoms with Crippen LogP contribution in [0.1, 0.15) is 11.1 Å². The van der Waals surface area contributed by atoms with Gasteiger partial charge in [0.25, 0.3) is 0 Å². The van der Waals surface area contributed by atoms with Crippen molar-refractivity contribution in [2.75, 3.05) is 37.7 Å². The first-order chi connectivity index (χ1) is 12.2. The highest BCUT2D eigenvalue weighted by molar-refractivity contribution is 6.32. The average molecular weight is 379 g/mol. The van der Waals surface area contributed by atoms with Crippen LogP contribution in [0.15, 0.2) is 30.3 Å². The molecule has 1 fully saturated rings. The fourth-order valence-electron chi connectivity index (χ4n) is 3.55. The molecule has 0 spiro atoms. The number of aromatic nitrogens is 2. The van der Waals surface area contributed by atoms with Crippen LogP contribution in [0.5, 0.6) is 0 Å². The van der Waals surface area contributed by atoms with E-state index in [1.807, 2.05) is 0 Å². The topological polar surface area (TPSA) is 41.5 Å². The maximum Gasteiger partial charge on any atom is 0.225 e. The van der Waals surface area contributed by atoms with Crippen molar-refractivity contribution in [3.05, 3.63) is 51.9 Å². The van der Waals surface area contributed by atoms with E-state index < -0.39 is 0 Å². The predicted octanol–water partition coefficient (Wildman–Crippen LogP) is 3.05. The summed E-state index contributed by atoms with van der Waals surface area (Å²) < 4.78 is 5.99. The minimum atomic E-state index is 0.149. The molecular weight excluding hydrogens is 359 g/mol. The second-order valence-corrected chi connectivity index (χ2v) is 7.19. The van der Waals surface area contributed by atoms with Gasteiger partial charge in [0.1, 0.15) is 11.0 Å². The molecule has 0 amide bonds. The van der Waals surface area contributed by atoms with Crippen LogP contribution in [-0.4, -0.2) is 53.8 Å². The minimum Gasteiger partial charge on any atom is -0.374 e. The Bertz CT molecular complexity index is 743. The first-order valence-electron chi connectivity index (χ1n) is 8.54. The van der Waals surface area contributed by atoms with Gasteiger partial charge in [-0.05, 0) is 23.6 Å². The zero-order chi connectivity index (χ0) is 17.2. The largest absolute Gasteiger partial charge is 0.374 e. The maximum absolute atomic E-state index is 6.19. The Balaban J connectivity index is 1.41. The quantitative estimate of drug-likeness (QED) is 0.604. The van der Waals surface area contributed by atoms with Gasteiger partial charge in [0.05, 0.1) is 12.7 Å². The van der Waals surface area contributed by atoms with Crippen LogP contribution < -0.4 is 4.90 Å².